The van der Waals surface area contributed by atoms with Gasteiger partial charge >= 0.3 is 0 Å². The third-order valence-electron chi connectivity index (χ3n) is 6.95. The molecular formula is C27H24BrN3O2. The van der Waals surface area contributed by atoms with E-state index in [2.05, 4.69) is 33.4 Å². The van der Waals surface area contributed by atoms with Gasteiger partial charge in [0, 0.05) is 27.5 Å². The summed E-state index contributed by atoms with van der Waals surface area (Å²) < 4.78 is 6.40. The van der Waals surface area contributed by atoms with E-state index in [9.17, 15) is 10.1 Å². The van der Waals surface area contributed by atoms with Gasteiger partial charge in [-0.3, -0.25) is 9.69 Å². The van der Waals surface area contributed by atoms with E-state index in [0.29, 0.717) is 31.4 Å². The quantitative estimate of drug-likeness (QED) is 0.457. The maximum absolute atomic E-state index is 13.6. The molecule has 0 bridgehead atoms. The van der Waals surface area contributed by atoms with Crippen molar-refractivity contribution in [1.29, 1.82) is 5.26 Å². The van der Waals surface area contributed by atoms with Gasteiger partial charge in [-0.25, -0.2) is 0 Å². The highest BCUT2D eigenvalue weighted by atomic mass is 79.9. The van der Waals surface area contributed by atoms with Crippen LogP contribution in [0.4, 0.5) is 11.4 Å². The first-order valence-electron chi connectivity index (χ1n) is 11.0. The van der Waals surface area contributed by atoms with E-state index in [-0.39, 0.29) is 5.91 Å². The number of anilines is 2. The Morgan fingerprint density at radius 1 is 1.00 bits per heavy atom. The Morgan fingerprint density at radius 2 is 1.76 bits per heavy atom. The second-order valence-corrected chi connectivity index (χ2v) is 9.66. The number of fused-ring (bicyclic) bond motifs is 2. The number of carbonyl (C=O) groups excluding carboxylic acids is 1. The van der Waals surface area contributed by atoms with E-state index in [1.165, 1.54) is 0 Å². The monoisotopic (exact) mass is 501 g/mol. The molecule has 1 amide bonds. The molecule has 3 aromatic rings. The average Bonchev–Trinajstić information content (AvgIpc) is 3.09. The first-order chi connectivity index (χ1) is 16.0. The van der Waals surface area contributed by atoms with Gasteiger partial charge in [0.25, 0.3) is 5.91 Å². The standard InChI is InChI=1S/C27H24BrN3O2/c1-33-22-9-5-8-21(17-22)31-25(32)23-10-2-3-11-24(23)27(31)14-12-26(18-29,13-15-27)30-20-7-4-6-19(28)16-20/h2-11,16-17,30H,12-15H2,1H3. The molecule has 33 heavy (non-hydrogen) atoms. The smallest absolute Gasteiger partial charge is 0.259 e. The minimum Gasteiger partial charge on any atom is -0.497 e. The number of nitrogens with zero attached hydrogens (tertiary/aromatic N) is 2. The van der Waals surface area contributed by atoms with E-state index in [4.69, 9.17) is 4.74 Å². The van der Waals surface area contributed by atoms with Crippen LogP contribution in [0.5, 0.6) is 5.75 Å². The molecule has 3 aromatic carbocycles. The van der Waals surface area contributed by atoms with Crippen LogP contribution in [0.2, 0.25) is 0 Å². The Labute approximate surface area is 202 Å². The Kier molecular flexibility index (Phi) is 5.38. The van der Waals surface area contributed by atoms with Crippen molar-refractivity contribution in [2.45, 2.75) is 36.8 Å². The highest BCUT2D eigenvalue weighted by Gasteiger charge is 2.54. The fraction of sp³-hybridized carbons (Fsp3) is 0.259. The van der Waals surface area contributed by atoms with Crippen LogP contribution in [0.1, 0.15) is 41.6 Å². The fourth-order valence-electron chi connectivity index (χ4n) is 5.32. The van der Waals surface area contributed by atoms with Crippen molar-refractivity contribution < 1.29 is 9.53 Å². The number of methoxy groups -OCH3 is 1. The molecule has 166 valence electrons. The molecule has 0 atom stereocenters. The van der Waals surface area contributed by atoms with Crippen LogP contribution in [0, 0.1) is 11.3 Å². The summed E-state index contributed by atoms with van der Waals surface area (Å²) in [5.41, 5.74) is 2.34. The Bertz CT molecular complexity index is 1260. The van der Waals surface area contributed by atoms with Gasteiger partial charge in [-0.1, -0.05) is 46.3 Å². The van der Waals surface area contributed by atoms with Gasteiger partial charge in [0.15, 0.2) is 0 Å². The molecule has 1 spiro atoms. The largest absolute Gasteiger partial charge is 0.497 e. The number of carbonyl (C=O) groups is 1. The SMILES string of the molecule is COc1cccc(N2C(=O)c3ccccc3C23CCC(C#N)(Nc2cccc(Br)c2)CC3)c1. The molecule has 0 aromatic heterocycles. The molecule has 0 radical (unpaired) electrons. The van der Waals surface area contributed by atoms with Gasteiger partial charge in [-0.2, -0.15) is 5.26 Å². The maximum atomic E-state index is 13.6. The molecule has 1 heterocycles. The van der Waals surface area contributed by atoms with Crippen molar-refractivity contribution in [2.75, 3.05) is 17.3 Å². The number of nitriles is 1. The highest BCUT2D eigenvalue weighted by molar-refractivity contribution is 9.10. The third-order valence-corrected chi connectivity index (χ3v) is 7.45. The van der Waals surface area contributed by atoms with Crippen LogP contribution in [0.3, 0.4) is 0 Å². The van der Waals surface area contributed by atoms with Crippen molar-refractivity contribution in [3.63, 3.8) is 0 Å². The lowest BCUT2D eigenvalue weighted by Gasteiger charge is -2.47. The van der Waals surface area contributed by atoms with Crippen LogP contribution in [-0.2, 0) is 5.54 Å². The number of hydrogen-bond donors (Lipinski definition) is 1. The first-order valence-corrected chi connectivity index (χ1v) is 11.8. The minimum absolute atomic E-state index is 0.00302. The molecule has 1 N–H and O–H groups in total. The normalized spacial score (nSPS) is 23.8. The zero-order chi connectivity index (χ0) is 23.1. The first kappa shape index (κ1) is 21.5. The number of rotatable bonds is 4. The summed E-state index contributed by atoms with van der Waals surface area (Å²) in [5, 5.41) is 13.7. The molecule has 1 saturated carbocycles. The van der Waals surface area contributed by atoms with Gasteiger partial charge in [-0.05, 0) is 67.6 Å². The Balaban J connectivity index is 1.53. The van der Waals surface area contributed by atoms with Crippen LogP contribution in [0.15, 0.2) is 77.3 Å². The van der Waals surface area contributed by atoms with Crippen molar-refractivity contribution in [2.24, 2.45) is 0 Å². The molecule has 0 unspecified atom stereocenters. The average molecular weight is 502 g/mol. The van der Waals surface area contributed by atoms with Crippen LogP contribution < -0.4 is 15.0 Å². The van der Waals surface area contributed by atoms with Crippen molar-refractivity contribution in [3.8, 4) is 11.8 Å². The minimum atomic E-state index is -0.688. The van der Waals surface area contributed by atoms with Crippen molar-refractivity contribution >= 4 is 33.2 Å². The molecule has 5 nitrogen and oxygen atoms in total. The summed E-state index contributed by atoms with van der Waals surface area (Å²) in [6.07, 6.45) is 2.61. The van der Waals surface area contributed by atoms with E-state index in [1.54, 1.807) is 7.11 Å². The van der Waals surface area contributed by atoms with E-state index in [0.717, 1.165) is 27.0 Å². The molecule has 2 aliphatic rings. The van der Waals surface area contributed by atoms with Gasteiger partial charge < -0.3 is 10.1 Å². The molecule has 1 fully saturated rings. The summed E-state index contributed by atoms with van der Waals surface area (Å²) in [7, 11) is 1.63. The Morgan fingerprint density at radius 3 is 2.48 bits per heavy atom. The van der Waals surface area contributed by atoms with Gasteiger partial charge in [-0.15, -0.1) is 0 Å². The number of halogens is 1. The predicted molar refractivity (Wildman–Crippen MR) is 133 cm³/mol. The van der Waals surface area contributed by atoms with Crippen LogP contribution >= 0.6 is 15.9 Å². The van der Waals surface area contributed by atoms with Crippen LogP contribution in [-0.4, -0.2) is 18.6 Å². The predicted octanol–water partition coefficient (Wildman–Crippen LogP) is 6.26. The van der Waals surface area contributed by atoms with Crippen LogP contribution in [0.25, 0.3) is 0 Å². The second kappa shape index (κ2) is 8.24. The maximum Gasteiger partial charge on any atom is 0.259 e. The third kappa shape index (κ3) is 3.57. The highest BCUT2D eigenvalue weighted by Crippen LogP contribution is 2.53. The van der Waals surface area contributed by atoms with E-state index < -0.39 is 11.1 Å². The molecule has 5 rings (SSSR count). The Hall–Kier alpha value is -3.30. The number of benzene rings is 3. The molecule has 6 heteroatoms. The molecule has 0 saturated heterocycles. The molecule has 1 aliphatic heterocycles. The number of nitrogens with one attached hydrogen (secondary N) is 1. The van der Waals surface area contributed by atoms with Crippen molar-refractivity contribution in [3.05, 3.63) is 88.4 Å². The van der Waals surface area contributed by atoms with E-state index in [1.807, 2.05) is 71.6 Å². The molecule has 1 aliphatic carbocycles. The topological polar surface area (TPSA) is 65.4 Å². The summed E-state index contributed by atoms with van der Waals surface area (Å²) >= 11 is 3.51. The fourth-order valence-corrected chi connectivity index (χ4v) is 5.71. The summed E-state index contributed by atoms with van der Waals surface area (Å²) in [4.78, 5) is 15.6. The lowest BCUT2D eigenvalue weighted by molar-refractivity contribution is 0.0960. The zero-order valence-corrected chi connectivity index (χ0v) is 19.9. The number of ether oxygens (including phenoxy) is 1. The zero-order valence-electron chi connectivity index (χ0n) is 18.3. The summed E-state index contributed by atoms with van der Waals surface area (Å²) in [5.74, 6) is 0.716. The van der Waals surface area contributed by atoms with Gasteiger partial charge in [0.1, 0.15) is 11.3 Å². The van der Waals surface area contributed by atoms with Gasteiger partial charge in [0.2, 0.25) is 0 Å². The lowest BCUT2D eigenvalue weighted by Crippen LogP contribution is -2.52. The lowest BCUT2D eigenvalue weighted by atomic mass is 9.69. The van der Waals surface area contributed by atoms with E-state index >= 15 is 0 Å². The van der Waals surface area contributed by atoms with Gasteiger partial charge in [0.05, 0.1) is 18.7 Å². The molecular weight excluding hydrogens is 478 g/mol. The number of hydrogen-bond acceptors (Lipinski definition) is 4. The summed E-state index contributed by atoms with van der Waals surface area (Å²) in [6.45, 7) is 0. The number of amides is 1. The van der Waals surface area contributed by atoms with Crippen molar-refractivity contribution in [1.82, 2.24) is 0 Å². The second-order valence-electron chi connectivity index (χ2n) is 8.75. The summed E-state index contributed by atoms with van der Waals surface area (Å²) in [6, 6.07) is 26.0.